The van der Waals surface area contributed by atoms with Crippen LogP contribution in [0.25, 0.3) is 0 Å². The number of alkyl halides is 2. The van der Waals surface area contributed by atoms with Gasteiger partial charge in [0.2, 0.25) is 5.91 Å². The van der Waals surface area contributed by atoms with Crippen LogP contribution in [0.2, 0.25) is 0 Å². The lowest BCUT2D eigenvalue weighted by Crippen LogP contribution is -2.43. The number of carbonyl (C=O) groups excluding carboxylic acids is 2. The molecule has 1 saturated heterocycles. The molecule has 3 rings (SSSR count). The molecule has 11 heteroatoms. The lowest BCUT2D eigenvalue weighted by Gasteiger charge is -2.19. The SMILES string of the molecule is CCS(=O)c1ccc(Cc2nc(C(=O)NCC(=O)N3CC(F)(F)C[C@H]3C#N)cs2)cc1. The maximum Gasteiger partial charge on any atom is 0.271 e. The topological polar surface area (TPSA) is 103 Å². The molecule has 1 aliphatic heterocycles. The van der Waals surface area contributed by atoms with E-state index in [9.17, 15) is 22.6 Å². The van der Waals surface area contributed by atoms with Crippen LogP contribution in [-0.2, 0) is 22.0 Å². The number of likely N-dealkylation sites (tertiary alicyclic amines) is 1. The minimum absolute atomic E-state index is 0.125. The van der Waals surface area contributed by atoms with Crippen molar-refractivity contribution in [2.75, 3.05) is 18.8 Å². The largest absolute Gasteiger partial charge is 0.342 e. The van der Waals surface area contributed by atoms with Crippen LogP contribution in [0.1, 0.15) is 34.4 Å². The van der Waals surface area contributed by atoms with Crippen molar-refractivity contribution in [1.29, 1.82) is 5.26 Å². The van der Waals surface area contributed by atoms with E-state index in [1.165, 1.54) is 11.3 Å². The Morgan fingerprint density at radius 3 is 2.74 bits per heavy atom. The second kappa shape index (κ2) is 9.62. The van der Waals surface area contributed by atoms with E-state index in [-0.39, 0.29) is 5.69 Å². The summed E-state index contributed by atoms with van der Waals surface area (Å²) in [6.45, 7) is 0.531. The Kier molecular flexibility index (Phi) is 7.12. The molecule has 1 N–H and O–H groups in total. The fourth-order valence-electron chi connectivity index (χ4n) is 3.14. The minimum atomic E-state index is -3.10. The second-order valence-electron chi connectivity index (χ2n) is 6.99. The Morgan fingerprint density at radius 1 is 1.39 bits per heavy atom. The number of carbonyl (C=O) groups is 2. The fraction of sp³-hybridized carbons (Fsp3) is 0.400. The van der Waals surface area contributed by atoms with Gasteiger partial charge in [-0.3, -0.25) is 13.8 Å². The molecular formula is C20H20F2N4O3S2. The molecule has 0 bridgehead atoms. The molecule has 0 aliphatic carbocycles. The normalized spacial score (nSPS) is 18.4. The number of hydrogen-bond donors (Lipinski definition) is 1. The summed E-state index contributed by atoms with van der Waals surface area (Å²) in [7, 11) is -1.02. The number of benzene rings is 1. The van der Waals surface area contributed by atoms with Crippen molar-refractivity contribution in [2.24, 2.45) is 0 Å². The average molecular weight is 467 g/mol. The molecule has 164 valence electrons. The lowest BCUT2D eigenvalue weighted by molar-refractivity contribution is -0.131. The molecule has 7 nitrogen and oxygen atoms in total. The molecule has 0 saturated carbocycles. The third kappa shape index (κ3) is 5.71. The van der Waals surface area contributed by atoms with E-state index >= 15 is 0 Å². The molecular weight excluding hydrogens is 446 g/mol. The zero-order valence-electron chi connectivity index (χ0n) is 16.6. The van der Waals surface area contributed by atoms with Crippen molar-refractivity contribution >= 4 is 34.0 Å². The van der Waals surface area contributed by atoms with E-state index in [1.807, 2.05) is 19.1 Å². The van der Waals surface area contributed by atoms with E-state index < -0.39 is 54.1 Å². The van der Waals surface area contributed by atoms with Crippen LogP contribution in [-0.4, -0.2) is 56.7 Å². The first-order valence-corrected chi connectivity index (χ1v) is 11.7. The highest BCUT2D eigenvalue weighted by molar-refractivity contribution is 7.85. The van der Waals surface area contributed by atoms with Gasteiger partial charge in [0.05, 0.1) is 35.0 Å². The molecule has 1 aromatic heterocycles. The van der Waals surface area contributed by atoms with Crippen LogP contribution in [0.15, 0.2) is 34.5 Å². The number of halogens is 2. The molecule has 0 spiro atoms. The van der Waals surface area contributed by atoms with Crippen molar-refractivity contribution in [3.63, 3.8) is 0 Å². The monoisotopic (exact) mass is 466 g/mol. The molecule has 1 fully saturated rings. The summed E-state index contributed by atoms with van der Waals surface area (Å²) >= 11 is 1.28. The number of hydrogen-bond acceptors (Lipinski definition) is 6. The number of nitrogens with zero attached hydrogens (tertiary/aromatic N) is 3. The third-order valence-electron chi connectivity index (χ3n) is 4.73. The van der Waals surface area contributed by atoms with E-state index in [4.69, 9.17) is 5.26 Å². The van der Waals surface area contributed by atoms with Gasteiger partial charge in [0.25, 0.3) is 11.8 Å². The third-order valence-corrected chi connectivity index (χ3v) is 6.90. The number of rotatable bonds is 7. The van der Waals surface area contributed by atoms with Gasteiger partial charge in [0.15, 0.2) is 0 Å². The van der Waals surface area contributed by atoms with Gasteiger partial charge in [0, 0.05) is 28.9 Å². The van der Waals surface area contributed by atoms with Crippen LogP contribution >= 0.6 is 11.3 Å². The lowest BCUT2D eigenvalue weighted by atomic mass is 10.2. The summed E-state index contributed by atoms with van der Waals surface area (Å²) in [5, 5.41) is 13.6. The second-order valence-corrected chi connectivity index (χ2v) is 9.67. The molecule has 2 aromatic rings. The van der Waals surface area contributed by atoms with Crippen molar-refractivity contribution < 1.29 is 22.6 Å². The molecule has 1 unspecified atom stereocenters. The van der Waals surface area contributed by atoms with Crippen LogP contribution in [0.4, 0.5) is 8.78 Å². The Labute approximate surface area is 184 Å². The van der Waals surface area contributed by atoms with Crippen LogP contribution in [0.3, 0.4) is 0 Å². The number of nitrogens with one attached hydrogen (secondary N) is 1. The Bertz CT molecular complexity index is 1030. The van der Waals surface area contributed by atoms with E-state index in [0.29, 0.717) is 17.2 Å². The summed E-state index contributed by atoms with van der Waals surface area (Å²) < 4.78 is 38.7. The van der Waals surface area contributed by atoms with E-state index in [0.717, 1.165) is 15.4 Å². The first-order valence-electron chi connectivity index (χ1n) is 9.49. The van der Waals surface area contributed by atoms with Crippen LogP contribution in [0, 0.1) is 11.3 Å². The summed E-state index contributed by atoms with van der Waals surface area (Å²) in [6, 6.07) is 7.82. The van der Waals surface area contributed by atoms with Crippen molar-refractivity contribution in [1.82, 2.24) is 15.2 Å². The van der Waals surface area contributed by atoms with Gasteiger partial charge >= 0.3 is 0 Å². The average Bonchev–Trinajstić information content (AvgIpc) is 3.35. The number of nitriles is 1. The van der Waals surface area contributed by atoms with Crippen LogP contribution in [0.5, 0.6) is 0 Å². The Hall–Kier alpha value is -2.71. The Morgan fingerprint density at radius 2 is 2.10 bits per heavy atom. The summed E-state index contributed by atoms with van der Waals surface area (Å²) in [5.41, 5.74) is 1.07. The van der Waals surface area contributed by atoms with Gasteiger partial charge in [-0.15, -0.1) is 11.3 Å². The molecule has 31 heavy (non-hydrogen) atoms. The standard InChI is InChI=1S/C20H20F2N4O3S2/c1-2-31(29)15-5-3-13(4-6-15)7-17-25-16(11-30-17)19(28)24-10-18(27)26-12-20(21,22)8-14(26)9-23/h3-6,11,14H,2,7-8,10,12H2,1H3,(H,24,28)/t14-,31?/m0/s1. The quantitative estimate of drug-likeness (QED) is 0.675. The maximum absolute atomic E-state index is 13.5. The fourth-order valence-corrected chi connectivity index (χ4v) is 4.72. The summed E-state index contributed by atoms with van der Waals surface area (Å²) in [4.78, 5) is 30.3. The van der Waals surface area contributed by atoms with Crippen molar-refractivity contribution in [3.8, 4) is 6.07 Å². The number of amides is 2. The molecule has 2 atom stereocenters. The summed E-state index contributed by atoms with van der Waals surface area (Å²) in [5.74, 6) is -3.89. The number of thiazole rings is 1. The minimum Gasteiger partial charge on any atom is -0.342 e. The highest BCUT2D eigenvalue weighted by Gasteiger charge is 2.47. The predicted octanol–water partition coefficient (Wildman–Crippen LogP) is 2.35. The molecule has 2 heterocycles. The van der Waals surface area contributed by atoms with Crippen molar-refractivity contribution in [2.45, 2.75) is 36.6 Å². The number of aromatic nitrogens is 1. The first kappa shape index (κ1) is 23.0. The van der Waals surface area contributed by atoms with Gasteiger partial charge in [0.1, 0.15) is 11.7 Å². The molecule has 2 amide bonds. The van der Waals surface area contributed by atoms with Gasteiger partial charge in [-0.25, -0.2) is 13.8 Å². The molecule has 1 aliphatic rings. The van der Waals surface area contributed by atoms with Crippen molar-refractivity contribution in [3.05, 3.63) is 45.9 Å². The maximum atomic E-state index is 13.5. The zero-order chi connectivity index (χ0) is 22.6. The van der Waals surface area contributed by atoms with Gasteiger partial charge in [-0.05, 0) is 17.7 Å². The predicted molar refractivity (Wildman–Crippen MR) is 111 cm³/mol. The summed E-state index contributed by atoms with van der Waals surface area (Å²) in [6.07, 6.45) is -0.212. The zero-order valence-corrected chi connectivity index (χ0v) is 18.3. The van der Waals surface area contributed by atoms with Gasteiger partial charge in [-0.1, -0.05) is 19.1 Å². The molecule has 0 radical (unpaired) electrons. The smallest absolute Gasteiger partial charge is 0.271 e. The molecule has 1 aromatic carbocycles. The van der Waals surface area contributed by atoms with E-state index in [1.54, 1.807) is 23.6 Å². The van der Waals surface area contributed by atoms with Gasteiger partial charge < -0.3 is 10.2 Å². The highest BCUT2D eigenvalue weighted by atomic mass is 32.2. The first-order chi connectivity index (χ1) is 14.7. The van der Waals surface area contributed by atoms with Crippen LogP contribution < -0.4 is 5.32 Å². The Balaban J connectivity index is 1.55. The van der Waals surface area contributed by atoms with E-state index in [2.05, 4.69) is 10.3 Å². The van der Waals surface area contributed by atoms with Gasteiger partial charge in [-0.2, -0.15) is 5.26 Å². The highest BCUT2D eigenvalue weighted by Crippen LogP contribution is 2.31.